The van der Waals surface area contributed by atoms with Gasteiger partial charge in [-0.2, -0.15) is 5.01 Å². The van der Waals surface area contributed by atoms with Crippen molar-refractivity contribution in [1.29, 1.82) is 0 Å². The molecule has 0 spiro atoms. The van der Waals surface area contributed by atoms with Crippen molar-refractivity contribution >= 4 is 29.3 Å². The van der Waals surface area contributed by atoms with E-state index in [1.54, 1.807) is 18.2 Å². The molecule has 190 valence electrons. The molecule has 2 heterocycles. The van der Waals surface area contributed by atoms with Crippen LogP contribution in [-0.2, 0) is 4.79 Å². The van der Waals surface area contributed by atoms with E-state index in [9.17, 15) is 14.7 Å². The average Bonchev–Trinajstić information content (AvgIpc) is 3.55. The molecule has 1 atom stereocenters. The molecule has 9 nitrogen and oxygen atoms in total. The highest BCUT2D eigenvalue weighted by Gasteiger charge is 2.36. The van der Waals surface area contributed by atoms with E-state index in [2.05, 4.69) is 27.1 Å². The molecule has 10 heteroatoms. The zero-order valence-electron chi connectivity index (χ0n) is 19.9. The molecular formula is C26H30ClN5O4. The zero-order valence-corrected chi connectivity index (χ0v) is 20.7. The summed E-state index contributed by atoms with van der Waals surface area (Å²) < 4.78 is 5.96. The van der Waals surface area contributed by atoms with Gasteiger partial charge in [-0.05, 0) is 43.4 Å². The molecule has 1 fully saturated rings. The smallest absolute Gasteiger partial charge is 0.272 e. The molecule has 0 bridgehead atoms. The van der Waals surface area contributed by atoms with Gasteiger partial charge < -0.3 is 25.8 Å². The van der Waals surface area contributed by atoms with Gasteiger partial charge in [-0.3, -0.25) is 9.59 Å². The van der Waals surface area contributed by atoms with Gasteiger partial charge in [0.05, 0.1) is 22.9 Å². The van der Waals surface area contributed by atoms with Gasteiger partial charge in [0, 0.05) is 18.0 Å². The van der Waals surface area contributed by atoms with Gasteiger partial charge in [0.1, 0.15) is 12.4 Å². The molecule has 0 aromatic heterocycles. The average molecular weight is 512 g/mol. The van der Waals surface area contributed by atoms with Crippen LogP contribution in [0.4, 0.5) is 0 Å². The number of nitrogens with zero attached hydrogens (tertiary/aromatic N) is 2. The number of ether oxygens (including phenoxy) is 1. The molecule has 1 saturated carbocycles. The fraction of sp³-hybridized carbons (Fsp3) is 0.423. The fourth-order valence-corrected chi connectivity index (χ4v) is 5.26. The summed E-state index contributed by atoms with van der Waals surface area (Å²) in [6, 6.07) is 5.02. The van der Waals surface area contributed by atoms with Crippen LogP contribution in [0.25, 0.3) is 0 Å². The van der Waals surface area contributed by atoms with Gasteiger partial charge in [-0.25, -0.2) is 0 Å². The van der Waals surface area contributed by atoms with Gasteiger partial charge in [-0.1, -0.05) is 48.7 Å². The van der Waals surface area contributed by atoms with Crippen LogP contribution >= 0.6 is 11.6 Å². The number of hydrogen-bond acceptors (Lipinski definition) is 7. The number of fused-ring (bicyclic) bond motifs is 1. The van der Waals surface area contributed by atoms with Crippen molar-refractivity contribution in [2.45, 2.75) is 44.8 Å². The van der Waals surface area contributed by atoms with E-state index in [0.717, 1.165) is 44.1 Å². The highest BCUT2D eigenvalue weighted by molar-refractivity contribution is 6.34. The number of allylic oxidation sites excluding steroid dienone is 3. The molecule has 36 heavy (non-hydrogen) atoms. The van der Waals surface area contributed by atoms with Crippen LogP contribution in [0.5, 0.6) is 5.75 Å². The number of halogens is 1. The third-order valence-corrected chi connectivity index (χ3v) is 7.41. The molecule has 2 amide bonds. The van der Waals surface area contributed by atoms with E-state index in [-0.39, 0.29) is 41.0 Å². The summed E-state index contributed by atoms with van der Waals surface area (Å²) in [5.41, 5.74) is 1.56. The minimum absolute atomic E-state index is 0.0403. The van der Waals surface area contributed by atoms with E-state index >= 15 is 0 Å². The Balaban J connectivity index is 1.23. The number of carbonyl (C=O) groups excluding carboxylic acids is 2. The highest BCUT2D eigenvalue weighted by atomic mass is 35.5. The van der Waals surface area contributed by atoms with Crippen LogP contribution in [-0.4, -0.2) is 53.8 Å². The van der Waals surface area contributed by atoms with Crippen LogP contribution in [0.15, 0.2) is 58.9 Å². The lowest BCUT2D eigenvalue weighted by molar-refractivity contribution is -0.129. The first-order valence-corrected chi connectivity index (χ1v) is 12.7. The first-order valence-electron chi connectivity index (χ1n) is 12.3. The van der Waals surface area contributed by atoms with Crippen LogP contribution in [0.3, 0.4) is 0 Å². The largest absolute Gasteiger partial charge is 0.487 e. The SMILES string of the molecule is O=C(NCC1(CO)CCCC1)c1c(Cl)cccc1OCC1=CC(=O)N2N=C(C3=CC=CCC3)NC2N1. The Kier molecular flexibility index (Phi) is 7.02. The number of benzene rings is 1. The minimum atomic E-state index is -0.508. The van der Waals surface area contributed by atoms with Gasteiger partial charge in [0.25, 0.3) is 11.8 Å². The molecule has 1 aromatic rings. The number of nitrogens with one attached hydrogen (secondary N) is 3. The quantitative estimate of drug-likeness (QED) is 0.426. The Bertz CT molecular complexity index is 1170. The van der Waals surface area contributed by atoms with Crippen molar-refractivity contribution in [2.75, 3.05) is 19.8 Å². The first-order chi connectivity index (χ1) is 17.5. The Morgan fingerprint density at radius 1 is 1.31 bits per heavy atom. The van der Waals surface area contributed by atoms with E-state index in [0.29, 0.717) is 23.8 Å². The van der Waals surface area contributed by atoms with E-state index in [1.807, 2.05) is 12.2 Å². The Hall–Kier alpha value is -3.30. The zero-order chi connectivity index (χ0) is 25.1. The first kappa shape index (κ1) is 24.4. The maximum Gasteiger partial charge on any atom is 0.272 e. The summed E-state index contributed by atoms with van der Waals surface area (Å²) in [5.74, 6) is 0.380. The summed E-state index contributed by atoms with van der Waals surface area (Å²) in [4.78, 5) is 25.7. The van der Waals surface area contributed by atoms with Crippen LogP contribution in [0, 0.1) is 5.41 Å². The lowest BCUT2D eigenvalue weighted by atomic mass is 9.87. The molecule has 4 aliphatic rings. The normalized spacial score (nSPS) is 22.2. The number of carbonyl (C=O) groups is 2. The number of aliphatic hydroxyl groups excluding tert-OH is 1. The second kappa shape index (κ2) is 10.4. The fourth-order valence-electron chi connectivity index (χ4n) is 5.00. The van der Waals surface area contributed by atoms with E-state index in [4.69, 9.17) is 16.3 Å². The molecule has 1 aromatic carbocycles. The summed E-state index contributed by atoms with van der Waals surface area (Å²) in [7, 11) is 0. The topological polar surface area (TPSA) is 115 Å². The number of hydrogen-bond donors (Lipinski definition) is 4. The Morgan fingerprint density at radius 3 is 2.89 bits per heavy atom. The van der Waals surface area contributed by atoms with Gasteiger partial charge in [-0.15, -0.1) is 5.10 Å². The maximum atomic E-state index is 13.1. The highest BCUT2D eigenvalue weighted by Crippen LogP contribution is 2.37. The Morgan fingerprint density at radius 2 is 2.14 bits per heavy atom. The number of amidine groups is 1. The molecule has 2 aliphatic heterocycles. The maximum absolute atomic E-state index is 13.1. The Labute approximate surface area is 214 Å². The third kappa shape index (κ3) is 4.99. The second-order valence-electron chi connectivity index (χ2n) is 9.60. The second-order valence-corrected chi connectivity index (χ2v) is 10.0. The monoisotopic (exact) mass is 511 g/mol. The molecule has 2 aliphatic carbocycles. The van der Waals surface area contributed by atoms with E-state index < -0.39 is 6.29 Å². The lowest BCUT2D eigenvalue weighted by Crippen LogP contribution is -2.54. The number of hydrazone groups is 1. The predicted octanol–water partition coefficient (Wildman–Crippen LogP) is 2.79. The molecule has 4 N–H and O–H groups in total. The van der Waals surface area contributed by atoms with Crippen molar-refractivity contribution in [3.63, 3.8) is 0 Å². The van der Waals surface area contributed by atoms with Crippen LogP contribution in [0.2, 0.25) is 5.02 Å². The van der Waals surface area contributed by atoms with Crippen LogP contribution < -0.4 is 20.7 Å². The number of rotatable bonds is 8. The molecule has 5 rings (SSSR count). The van der Waals surface area contributed by atoms with Gasteiger partial charge in [0.15, 0.2) is 5.84 Å². The van der Waals surface area contributed by atoms with Crippen LogP contribution in [0.1, 0.15) is 48.9 Å². The molecule has 0 saturated heterocycles. The van der Waals surface area contributed by atoms with Crippen molar-refractivity contribution < 1.29 is 19.4 Å². The third-order valence-electron chi connectivity index (χ3n) is 7.10. The van der Waals surface area contributed by atoms with Crippen molar-refractivity contribution in [2.24, 2.45) is 10.5 Å². The standard InChI is InChI=1S/C26H30ClN5O4/c27-19-9-6-10-20(22(19)24(35)28-15-26(16-33)11-4-5-12-26)36-14-18-13-21(34)32-25(29-18)30-23(31-32)17-7-2-1-3-8-17/h1-2,6-7,9-10,13,25,29,33H,3-5,8,11-12,14-16H2,(H,28,35)(H,30,31). The summed E-state index contributed by atoms with van der Waals surface area (Å²) in [6.07, 6.45) is 12.7. The summed E-state index contributed by atoms with van der Waals surface area (Å²) in [5, 5.41) is 25.3. The summed E-state index contributed by atoms with van der Waals surface area (Å²) in [6.45, 7) is 0.463. The van der Waals surface area contributed by atoms with Crippen molar-refractivity contribution in [1.82, 2.24) is 21.0 Å². The van der Waals surface area contributed by atoms with Crippen molar-refractivity contribution in [3.05, 3.63) is 64.4 Å². The predicted molar refractivity (Wildman–Crippen MR) is 136 cm³/mol. The molecular weight excluding hydrogens is 482 g/mol. The summed E-state index contributed by atoms with van der Waals surface area (Å²) >= 11 is 6.38. The van der Waals surface area contributed by atoms with E-state index in [1.165, 1.54) is 11.1 Å². The van der Waals surface area contributed by atoms with Gasteiger partial charge in [0.2, 0.25) is 6.29 Å². The number of amides is 2. The molecule has 0 radical (unpaired) electrons. The molecule has 1 unspecified atom stereocenters. The lowest BCUT2D eigenvalue weighted by Gasteiger charge is -2.28. The van der Waals surface area contributed by atoms with Crippen molar-refractivity contribution in [3.8, 4) is 5.75 Å². The number of aliphatic hydroxyl groups is 1. The van der Waals surface area contributed by atoms with Gasteiger partial charge >= 0.3 is 0 Å². The minimum Gasteiger partial charge on any atom is -0.487 e.